The first-order valence-electron chi connectivity index (χ1n) is 5.41. The first-order valence-corrected chi connectivity index (χ1v) is 6.29. The van der Waals surface area contributed by atoms with Crippen LogP contribution in [0.5, 0.6) is 0 Å². The van der Waals surface area contributed by atoms with Crippen molar-refractivity contribution in [1.82, 2.24) is 0 Å². The topological polar surface area (TPSA) is 43.1 Å². The molecule has 0 heterocycles. The SMILES string of the molecule is CC(C)Sc1ccc(C(=O)C(C)(C)N)cc1. The molecule has 0 atom stereocenters. The third-order valence-corrected chi connectivity index (χ3v) is 3.09. The van der Waals surface area contributed by atoms with Gasteiger partial charge in [0.1, 0.15) is 0 Å². The summed E-state index contributed by atoms with van der Waals surface area (Å²) in [6.07, 6.45) is 0. The van der Waals surface area contributed by atoms with Gasteiger partial charge in [-0.15, -0.1) is 11.8 Å². The Morgan fingerprint density at radius 1 is 1.25 bits per heavy atom. The molecule has 0 saturated carbocycles. The van der Waals surface area contributed by atoms with E-state index in [1.165, 1.54) is 4.90 Å². The number of carbonyl (C=O) groups is 1. The van der Waals surface area contributed by atoms with E-state index in [0.717, 1.165) is 0 Å². The summed E-state index contributed by atoms with van der Waals surface area (Å²) >= 11 is 1.78. The van der Waals surface area contributed by atoms with Crippen molar-refractivity contribution in [3.05, 3.63) is 29.8 Å². The minimum absolute atomic E-state index is 0.0198. The van der Waals surface area contributed by atoms with Gasteiger partial charge in [-0.05, 0) is 26.0 Å². The quantitative estimate of drug-likeness (QED) is 0.646. The molecule has 0 aromatic heterocycles. The third-order valence-electron chi connectivity index (χ3n) is 2.07. The Morgan fingerprint density at radius 2 is 1.75 bits per heavy atom. The Bertz CT molecular complexity index is 363. The molecule has 0 aliphatic carbocycles. The van der Waals surface area contributed by atoms with Crippen molar-refractivity contribution < 1.29 is 4.79 Å². The van der Waals surface area contributed by atoms with Crippen molar-refractivity contribution in [3.63, 3.8) is 0 Å². The molecule has 2 N–H and O–H groups in total. The van der Waals surface area contributed by atoms with Crippen molar-refractivity contribution in [1.29, 1.82) is 0 Å². The number of Topliss-reactive ketones (excluding diaryl/α,β-unsaturated/α-hetero) is 1. The lowest BCUT2D eigenvalue weighted by Crippen LogP contribution is -2.41. The summed E-state index contributed by atoms with van der Waals surface area (Å²) in [5, 5.41) is 0.549. The predicted molar refractivity (Wildman–Crippen MR) is 70.0 cm³/mol. The maximum absolute atomic E-state index is 11.9. The van der Waals surface area contributed by atoms with E-state index < -0.39 is 5.54 Å². The van der Waals surface area contributed by atoms with Crippen LogP contribution in [-0.2, 0) is 0 Å². The maximum atomic E-state index is 11.9. The molecular weight excluding hydrogens is 218 g/mol. The van der Waals surface area contributed by atoms with E-state index in [2.05, 4.69) is 13.8 Å². The zero-order chi connectivity index (χ0) is 12.3. The van der Waals surface area contributed by atoms with Gasteiger partial charge in [-0.1, -0.05) is 26.0 Å². The van der Waals surface area contributed by atoms with E-state index in [1.54, 1.807) is 25.6 Å². The molecule has 0 amide bonds. The van der Waals surface area contributed by atoms with Crippen LogP contribution >= 0.6 is 11.8 Å². The second-order valence-electron chi connectivity index (χ2n) is 4.74. The minimum Gasteiger partial charge on any atom is -0.319 e. The highest BCUT2D eigenvalue weighted by Crippen LogP contribution is 2.23. The largest absolute Gasteiger partial charge is 0.319 e. The first kappa shape index (κ1) is 13.3. The lowest BCUT2D eigenvalue weighted by molar-refractivity contribution is 0.0913. The molecule has 1 rings (SSSR count). The van der Waals surface area contributed by atoms with Gasteiger partial charge in [0.25, 0.3) is 0 Å². The molecule has 2 nitrogen and oxygen atoms in total. The van der Waals surface area contributed by atoms with Crippen LogP contribution < -0.4 is 5.73 Å². The molecule has 0 fully saturated rings. The van der Waals surface area contributed by atoms with Crippen LogP contribution in [0, 0.1) is 0 Å². The van der Waals surface area contributed by atoms with E-state index in [-0.39, 0.29) is 5.78 Å². The predicted octanol–water partition coefficient (Wildman–Crippen LogP) is 3.11. The molecule has 0 aliphatic rings. The minimum atomic E-state index is -0.799. The van der Waals surface area contributed by atoms with E-state index in [4.69, 9.17) is 5.73 Å². The molecule has 88 valence electrons. The summed E-state index contributed by atoms with van der Waals surface area (Å²) in [6, 6.07) is 7.65. The summed E-state index contributed by atoms with van der Waals surface area (Å²) in [5.41, 5.74) is 5.66. The van der Waals surface area contributed by atoms with Gasteiger partial charge >= 0.3 is 0 Å². The molecule has 0 spiro atoms. The van der Waals surface area contributed by atoms with Crippen molar-refractivity contribution in [2.24, 2.45) is 5.73 Å². The third kappa shape index (κ3) is 3.65. The Hall–Kier alpha value is -0.800. The molecule has 1 aromatic rings. The highest BCUT2D eigenvalue weighted by atomic mass is 32.2. The molecule has 1 aromatic carbocycles. The fraction of sp³-hybridized carbons (Fsp3) is 0.462. The van der Waals surface area contributed by atoms with Gasteiger partial charge in [-0.25, -0.2) is 0 Å². The number of hydrogen-bond donors (Lipinski definition) is 1. The zero-order valence-electron chi connectivity index (χ0n) is 10.3. The highest BCUT2D eigenvalue weighted by molar-refractivity contribution is 7.99. The van der Waals surface area contributed by atoms with Crippen LogP contribution in [0.3, 0.4) is 0 Å². The lowest BCUT2D eigenvalue weighted by Gasteiger charge is -2.16. The molecule has 0 aliphatic heterocycles. The zero-order valence-corrected chi connectivity index (χ0v) is 11.1. The van der Waals surface area contributed by atoms with Gasteiger partial charge < -0.3 is 5.73 Å². The summed E-state index contributed by atoms with van der Waals surface area (Å²) in [5.74, 6) is -0.0198. The van der Waals surface area contributed by atoms with Gasteiger partial charge in [0, 0.05) is 15.7 Å². The van der Waals surface area contributed by atoms with E-state index >= 15 is 0 Å². The van der Waals surface area contributed by atoms with Crippen LogP contribution in [0.1, 0.15) is 38.1 Å². The monoisotopic (exact) mass is 237 g/mol. The number of nitrogens with two attached hydrogens (primary N) is 1. The van der Waals surface area contributed by atoms with Crippen molar-refractivity contribution in [2.45, 2.75) is 43.4 Å². The smallest absolute Gasteiger partial charge is 0.182 e. The van der Waals surface area contributed by atoms with Gasteiger partial charge in [-0.3, -0.25) is 4.79 Å². The summed E-state index contributed by atoms with van der Waals surface area (Å²) < 4.78 is 0. The number of benzene rings is 1. The summed E-state index contributed by atoms with van der Waals surface area (Å²) in [7, 11) is 0. The van der Waals surface area contributed by atoms with E-state index in [0.29, 0.717) is 10.8 Å². The molecule has 16 heavy (non-hydrogen) atoms. The average Bonchev–Trinajstić information content (AvgIpc) is 2.15. The van der Waals surface area contributed by atoms with Crippen LogP contribution in [0.2, 0.25) is 0 Å². The van der Waals surface area contributed by atoms with E-state index in [9.17, 15) is 4.79 Å². The van der Waals surface area contributed by atoms with Crippen LogP contribution in [0.4, 0.5) is 0 Å². The van der Waals surface area contributed by atoms with Crippen molar-refractivity contribution in [3.8, 4) is 0 Å². The number of carbonyl (C=O) groups excluding carboxylic acids is 1. The highest BCUT2D eigenvalue weighted by Gasteiger charge is 2.23. The molecule has 0 saturated heterocycles. The van der Waals surface area contributed by atoms with Gasteiger partial charge in [0.05, 0.1) is 5.54 Å². The standard InChI is InChI=1S/C13H19NOS/c1-9(2)16-11-7-5-10(6-8-11)12(15)13(3,4)14/h5-9H,14H2,1-4H3. The van der Waals surface area contributed by atoms with Crippen LogP contribution in [-0.4, -0.2) is 16.6 Å². The molecule has 0 radical (unpaired) electrons. The van der Waals surface area contributed by atoms with Crippen molar-refractivity contribution in [2.75, 3.05) is 0 Å². The lowest BCUT2D eigenvalue weighted by atomic mass is 9.95. The Kier molecular flexibility index (Phi) is 4.16. The number of thioether (sulfide) groups is 1. The van der Waals surface area contributed by atoms with Gasteiger partial charge in [0.2, 0.25) is 0 Å². The Morgan fingerprint density at radius 3 is 2.12 bits per heavy atom. The van der Waals surface area contributed by atoms with Crippen molar-refractivity contribution >= 4 is 17.5 Å². The second kappa shape index (κ2) is 5.02. The van der Waals surface area contributed by atoms with Gasteiger partial charge in [-0.2, -0.15) is 0 Å². The molecule has 0 unspecified atom stereocenters. The normalized spacial score (nSPS) is 11.9. The number of ketones is 1. The molecule has 0 bridgehead atoms. The van der Waals surface area contributed by atoms with Gasteiger partial charge in [0.15, 0.2) is 5.78 Å². The molecular formula is C13H19NOS. The summed E-state index contributed by atoms with van der Waals surface area (Å²) in [4.78, 5) is 13.0. The first-order chi connectivity index (χ1) is 7.30. The summed E-state index contributed by atoms with van der Waals surface area (Å²) in [6.45, 7) is 7.75. The van der Waals surface area contributed by atoms with Crippen LogP contribution in [0.15, 0.2) is 29.2 Å². The number of rotatable bonds is 4. The molecule has 3 heteroatoms. The Balaban J connectivity index is 2.83. The van der Waals surface area contributed by atoms with Crippen LogP contribution in [0.25, 0.3) is 0 Å². The number of hydrogen-bond acceptors (Lipinski definition) is 3. The maximum Gasteiger partial charge on any atom is 0.182 e. The average molecular weight is 237 g/mol. The Labute approximate surface area is 102 Å². The van der Waals surface area contributed by atoms with E-state index in [1.807, 2.05) is 24.3 Å². The fourth-order valence-electron chi connectivity index (χ4n) is 1.33. The second-order valence-corrected chi connectivity index (χ2v) is 6.39. The fourth-order valence-corrected chi connectivity index (χ4v) is 2.17.